The fraction of sp³-hybridized carbons (Fsp3) is 0.400. The van der Waals surface area contributed by atoms with Crippen molar-refractivity contribution >= 4 is 27.5 Å². The highest BCUT2D eigenvalue weighted by Gasteiger charge is 2.58. The van der Waals surface area contributed by atoms with Gasteiger partial charge in [-0.15, -0.1) is 0 Å². The second-order valence-electron chi connectivity index (χ2n) is 8.54. The van der Waals surface area contributed by atoms with Crippen LogP contribution in [0.15, 0.2) is 54.6 Å². The minimum atomic E-state index is -4.65. The first kappa shape index (κ1) is 20.7. The standard InChI is InChI=1S/C25H25F3O2/c1-3-23(2,25(26,27)28)22(29)30-24(12-6-7-13-24)21-11-10-19-14-17-8-4-5-9-18(17)15-20(19)16-21/h4-5,8-11,14-16H,3,6-7,12-13H2,1-2H3. The first-order valence-corrected chi connectivity index (χ1v) is 10.4. The summed E-state index contributed by atoms with van der Waals surface area (Å²) in [6.45, 7) is 2.31. The van der Waals surface area contributed by atoms with Crippen LogP contribution in [0.4, 0.5) is 13.2 Å². The minimum absolute atomic E-state index is 0.352. The van der Waals surface area contributed by atoms with Crippen molar-refractivity contribution in [3.63, 3.8) is 0 Å². The number of ether oxygens (including phenoxy) is 1. The van der Waals surface area contributed by atoms with Crippen LogP contribution in [0.3, 0.4) is 0 Å². The second kappa shape index (κ2) is 7.29. The predicted molar refractivity (Wildman–Crippen MR) is 112 cm³/mol. The highest BCUT2D eigenvalue weighted by atomic mass is 19.4. The lowest BCUT2D eigenvalue weighted by atomic mass is 9.85. The summed E-state index contributed by atoms with van der Waals surface area (Å²) in [5, 5.41) is 4.26. The zero-order chi connectivity index (χ0) is 21.6. The van der Waals surface area contributed by atoms with Gasteiger partial charge in [-0.25, -0.2) is 0 Å². The van der Waals surface area contributed by atoms with Gasteiger partial charge in [0, 0.05) is 0 Å². The number of esters is 1. The lowest BCUT2D eigenvalue weighted by Crippen LogP contribution is -2.46. The third kappa shape index (κ3) is 3.34. The maximum atomic E-state index is 13.6. The number of carbonyl (C=O) groups is 1. The molecule has 1 fully saturated rings. The van der Waals surface area contributed by atoms with Gasteiger partial charge in [-0.05, 0) is 84.3 Å². The van der Waals surface area contributed by atoms with Crippen LogP contribution in [0.5, 0.6) is 0 Å². The lowest BCUT2D eigenvalue weighted by Gasteiger charge is -2.36. The van der Waals surface area contributed by atoms with Crippen molar-refractivity contribution in [2.24, 2.45) is 5.41 Å². The van der Waals surface area contributed by atoms with E-state index < -0.39 is 23.2 Å². The largest absolute Gasteiger partial charge is 0.454 e. The van der Waals surface area contributed by atoms with Crippen molar-refractivity contribution in [2.45, 2.75) is 57.7 Å². The molecular formula is C25H25F3O2. The Balaban J connectivity index is 1.76. The molecule has 0 radical (unpaired) electrons. The SMILES string of the molecule is CCC(C)(C(=O)OC1(c2ccc3cc4ccccc4cc3c2)CCCC1)C(F)(F)F. The van der Waals surface area contributed by atoms with Crippen LogP contribution in [0, 0.1) is 5.41 Å². The van der Waals surface area contributed by atoms with Crippen molar-refractivity contribution in [3.8, 4) is 0 Å². The lowest BCUT2D eigenvalue weighted by molar-refractivity contribution is -0.238. The summed E-state index contributed by atoms with van der Waals surface area (Å²) >= 11 is 0. The molecule has 3 aromatic rings. The molecule has 5 heteroatoms. The van der Waals surface area contributed by atoms with Gasteiger partial charge in [0.15, 0.2) is 5.41 Å². The van der Waals surface area contributed by atoms with Gasteiger partial charge in [0.1, 0.15) is 5.60 Å². The van der Waals surface area contributed by atoms with Crippen molar-refractivity contribution in [3.05, 3.63) is 60.2 Å². The van der Waals surface area contributed by atoms with Gasteiger partial charge < -0.3 is 4.74 Å². The van der Waals surface area contributed by atoms with Crippen LogP contribution >= 0.6 is 0 Å². The number of hydrogen-bond donors (Lipinski definition) is 0. The van der Waals surface area contributed by atoms with E-state index in [1.165, 1.54) is 6.92 Å². The highest BCUT2D eigenvalue weighted by Crippen LogP contribution is 2.48. The zero-order valence-corrected chi connectivity index (χ0v) is 17.2. The number of rotatable bonds is 4. The Kier molecular flexibility index (Phi) is 5.03. The molecule has 0 amide bonds. The number of fused-ring (bicyclic) bond motifs is 2. The van der Waals surface area contributed by atoms with Crippen LogP contribution in [0.1, 0.15) is 51.5 Å². The van der Waals surface area contributed by atoms with Gasteiger partial charge >= 0.3 is 12.1 Å². The summed E-state index contributed by atoms with van der Waals surface area (Å²) < 4.78 is 46.6. The maximum Gasteiger partial charge on any atom is 0.404 e. The molecule has 0 bridgehead atoms. The first-order valence-electron chi connectivity index (χ1n) is 10.4. The topological polar surface area (TPSA) is 26.3 Å². The summed E-state index contributed by atoms with van der Waals surface area (Å²) in [7, 11) is 0. The molecule has 0 aliphatic heterocycles. The van der Waals surface area contributed by atoms with Gasteiger partial charge in [0.25, 0.3) is 0 Å². The van der Waals surface area contributed by atoms with E-state index in [1.807, 2.05) is 42.5 Å². The summed E-state index contributed by atoms with van der Waals surface area (Å²) in [4.78, 5) is 12.8. The summed E-state index contributed by atoms with van der Waals surface area (Å²) in [5.41, 5.74) is -2.73. The van der Waals surface area contributed by atoms with Gasteiger partial charge in [0.05, 0.1) is 0 Å². The van der Waals surface area contributed by atoms with Gasteiger partial charge in [-0.3, -0.25) is 4.79 Å². The summed E-state index contributed by atoms with van der Waals surface area (Å²) in [5.74, 6) is -1.18. The Morgan fingerprint density at radius 2 is 1.50 bits per heavy atom. The monoisotopic (exact) mass is 414 g/mol. The van der Waals surface area contributed by atoms with Crippen molar-refractivity contribution in [1.29, 1.82) is 0 Å². The van der Waals surface area contributed by atoms with E-state index in [-0.39, 0.29) is 6.42 Å². The molecule has 0 saturated heterocycles. The normalized spacial score (nSPS) is 18.4. The van der Waals surface area contributed by atoms with E-state index in [0.717, 1.165) is 46.9 Å². The number of hydrogen-bond acceptors (Lipinski definition) is 2. The molecule has 1 unspecified atom stereocenters. The van der Waals surface area contributed by atoms with E-state index in [4.69, 9.17) is 4.74 Å². The average Bonchev–Trinajstić information content (AvgIpc) is 3.19. The second-order valence-corrected chi connectivity index (χ2v) is 8.54. The minimum Gasteiger partial charge on any atom is -0.454 e. The average molecular weight is 414 g/mol. The Morgan fingerprint density at radius 1 is 0.933 bits per heavy atom. The van der Waals surface area contributed by atoms with Crippen LogP contribution in [-0.4, -0.2) is 12.1 Å². The quantitative estimate of drug-likeness (QED) is 0.331. The highest BCUT2D eigenvalue weighted by molar-refractivity contribution is 5.98. The van der Waals surface area contributed by atoms with Crippen LogP contribution < -0.4 is 0 Å². The Labute approximate surface area is 174 Å². The van der Waals surface area contributed by atoms with E-state index in [1.54, 1.807) is 0 Å². The molecule has 0 heterocycles. The molecule has 0 spiro atoms. The molecular weight excluding hydrogens is 389 g/mol. The molecule has 1 aliphatic carbocycles. The fourth-order valence-corrected chi connectivity index (χ4v) is 4.37. The van der Waals surface area contributed by atoms with E-state index in [2.05, 4.69) is 12.1 Å². The smallest absolute Gasteiger partial charge is 0.404 e. The summed E-state index contributed by atoms with van der Waals surface area (Å²) in [6, 6.07) is 18.0. The van der Waals surface area contributed by atoms with Crippen LogP contribution in [0.25, 0.3) is 21.5 Å². The number of carbonyl (C=O) groups excluding carboxylic acids is 1. The first-order chi connectivity index (χ1) is 14.2. The third-order valence-corrected chi connectivity index (χ3v) is 6.71. The maximum absolute atomic E-state index is 13.6. The third-order valence-electron chi connectivity index (χ3n) is 6.71. The van der Waals surface area contributed by atoms with Crippen LogP contribution in [-0.2, 0) is 15.1 Å². The van der Waals surface area contributed by atoms with Crippen molar-refractivity contribution in [2.75, 3.05) is 0 Å². The van der Waals surface area contributed by atoms with Crippen LogP contribution in [0.2, 0.25) is 0 Å². The number of benzene rings is 3. The molecule has 0 N–H and O–H groups in total. The zero-order valence-electron chi connectivity index (χ0n) is 17.2. The Bertz CT molecular complexity index is 1100. The van der Waals surface area contributed by atoms with Gasteiger partial charge in [0.2, 0.25) is 0 Å². The predicted octanol–water partition coefficient (Wildman–Crippen LogP) is 7.28. The molecule has 158 valence electrons. The molecule has 3 aromatic carbocycles. The van der Waals surface area contributed by atoms with E-state index in [0.29, 0.717) is 12.8 Å². The molecule has 0 aromatic heterocycles. The van der Waals surface area contributed by atoms with E-state index in [9.17, 15) is 18.0 Å². The van der Waals surface area contributed by atoms with Gasteiger partial charge in [-0.1, -0.05) is 43.3 Å². The molecule has 1 aliphatic rings. The number of halogens is 3. The van der Waals surface area contributed by atoms with Crippen molar-refractivity contribution in [1.82, 2.24) is 0 Å². The Morgan fingerprint density at radius 3 is 2.07 bits per heavy atom. The molecule has 30 heavy (non-hydrogen) atoms. The Hall–Kier alpha value is -2.56. The van der Waals surface area contributed by atoms with Gasteiger partial charge in [-0.2, -0.15) is 13.2 Å². The fourth-order valence-electron chi connectivity index (χ4n) is 4.37. The number of alkyl halides is 3. The van der Waals surface area contributed by atoms with Crippen molar-refractivity contribution < 1.29 is 22.7 Å². The van der Waals surface area contributed by atoms with E-state index >= 15 is 0 Å². The summed E-state index contributed by atoms with van der Waals surface area (Å²) in [6.07, 6.45) is -2.29. The molecule has 4 rings (SSSR count). The molecule has 2 nitrogen and oxygen atoms in total. The molecule has 1 saturated carbocycles. The molecule has 1 atom stereocenters.